The Morgan fingerprint density at radius 2 is 1.70 bits per heavy atom. The Labute approximate surface area is 115 Å². The van der Waals surface area contributed by atoms with E-state index in [1.807, 2.05) is 0 Å². The molecule has 3 nitrogen and oxygen atoms in total. The number of hydrogen-bond acceptors (Lipinski definition) is 3. The zero-order chi connectivity index (χ0) is 15.4. The van der Waals surface area contributed by atoms with Crippen molar-refractivity contribution in [3.8, 4) is 0 Å². The van der Waals surface area contributed by atoms with Crippen molar-refractivity contribution in [2.75, 3.05) is 6.61 Å². The van der Waals surface area contributed by atoms with E-state index < -0.39 is 23.3 Å². The lowest BCUT2D eigenvalue weighted by Gasteiger charge is -2.23. The van der Waals surface area contributed by atoms with Crippen molar-refractivity contribution in [2.24, 2.45) is 0 Å². The first-order valence-corrected chi connectivity index (χ1v) is 6.22. The molecule has 0 heterocycles. The summed E-state index contributed by atoms with van der Waals surface area (Å²) in [6, 6.07) is 4.25. The molecule has 0 radical (unpaired) electrons. The van der Waals surface area contributed by atoms with Crippen molar-refractivity contribution in [1.29, 1.82) is 0 Å². The van der Waals surface area contributed by atoms with Gasteiger partial charge in [-0.3, -0.25) is 4.79 Å². The van der Waals surface area contributed by atoms with Crippen LogP contribution < -0.4 is 0 Å². The molecule has 0 aliphatic carbocycles. The summed E-state index contributed by atoms with van der Waals surface area (Å²) in [5.74, 6) is -0.445. The molecule has 1 rings (SSSR count). The number of aliphatic hydroxyl groups is 1. The maximum atomic E-state index is 12.4. The van der Waals surface area contributed by atoms with Crippen LogP contribution in [0.4, 0.5) is 13.2 Å². The molecule has 1 aromatic rings. The van der Waals surface area contributed by atoms with Crippen molar-refractivity contribution in [1.82, 2.24) is 0 Å². The molecule has 112 valence electrons. The lowest BCUT2D eigenvalue weighted by atomic mass is 9.90. The van der Waals surface area contributed by atoms with Gasteiger partial charge in [0, 0.05) is 6.42 Å². The van der Waals surface area contributed by atoms with E-state index in [9.17, 15) is 23.1 Å². The number of benzene rings is 1. The van der Waals surface area contributed by atoms with E-state index >= 15 is 0 Å². The minimum atomic E-state index is -4.41. The summed E-state index contributed by atoms with van der Waals surface area (Å²) >= 11 is 0. The van der Waals surface area contributed by atoms with Gasteiger partial charge in [0.25, 0.3) is 0 Å². The molecule has 0 saturated carbocycles. The largest absolute Gasteiger partial charge is 0.466 e. The SMILES string of the molecule is CCOC(=O)CCC(C)(O)c1ccc(C(F)(F)F)cc1. The quantitative estimate of drug-likeness (QED) is 0.847. The number of ether oxygens (including phenoxy) is 1. The Bertz CT molecular complexity index is 450. The van der Waals surface area contributed by atoms with Crippen molar-refractivity contribution in [3.63, 3.8) is 0 Å². The summed E-state index contributed by atoms with van der Waals surface area (Å²) in [5, 5.41) is 10.2. The molecule has 0 amide bonds. The second-order valence-electron chi connectivity index (χ2n) is 4.65. The second-order valence-corrected chi connectivity index (χ2v) is 4.65. The fraction of sp³-hybridized carbons (Fsp3) is 0.500. The van der Waals surface area contributed by atoms with Crippen LogP contribution in [0.1, 0.15) is 37.8 Å². The minimum Gasteiger partial charge on any atom is -0.466 e. The average Bonchev–Trinajstić information content (AvgIpc) is 2.36. The maximum absolute atomic E-state index is 12.4. The van der Waals surface area contributed by atoms with Crippen LogP contribution in [0.5, 0.6) is 0 Å². The Kier molecular flexibility index (Phi) is 5.16. The average molecular weight is 290 g/mol. The van der Waals surface area contributed by atoms with Crippen LogP contribution in [0.3, 0.4) is 0 Å². The standard InChI is InChI=1S/C14H17F3O3/c1-3-20-12(18)8-9-13(2,19)10-4-6-11(7-5-10)14(15,16)17/h4-7,19H,3,8-9H2,1-2H3. The molecule has 1 unspecified atom stereocenters. The number of rotatable bonds is 5. The molecule has 1 N–H and O–H groups in total. The summed E-state index contributed by atoms with van der Waals surface area (Å²) < 4.78 is 42.0. The molecule has 0 aliphatic rings. The second kappa shape index (κ2) is 6.26. The number of alkyl halides is 3. The van der Waals surface area contributed by atoms with Crippen LogP contribution in [0.2, 0.25) is 0 Å². The molecule has 0 bridgehead atoms. The van der Waals surface area contributed by atoms with Gasteiger partial charge in [0.2, 0.25) is 0 Å². The predicted molar refractivity (Wildman–Crippen MR) is 66.9 cm³/mol. The Morgan fingerprint density at radius 3 is 2.15 bits per heavy atom. The molecule has 0 spiro atoms. The maximum Gasteiger partial charge on any atom is 0.416 e. The van der Waals surface area contributed by atoms with E-state index in [0.29, 0.717) is 5.56 Å². The van der Waals surface area contributed by atoms with Crippen molar-refractivity contribution in [3.05, 3.63) is 35.4 Å². The minimum absolute atomic E-state index is 0.00185. The summed E-state index contributed by atoms with van der Waals surface area (Å²) in [4.78, 5) is 11.2. The normalized spacial score (nSPS) is 14.7. The van der Waals surface area contributed by atoms with Gasteiger partial charge in [-0.25, -0.2) is 0 Å². The van der Waals surface area contributed by atoms with Gasteiger partial charge in [-0.15, -0.1) is 0 Å². The van der Waals surface area contributed by atoms with E-state index in [4.69, 9.17) is 4.74 Å². The van der Waals surface area contributed by atoms with E-state index in [1.165, 1.54) is 19.1 Å². The first-order chi connectivity index (χ1) is 9.16. The molecule has 1 atom stereocenters. The van der Waals surface area contributed by atoms with Gasteiger partial charge >= 0.3 is 12.1 Å². The first-order valence-electron chi connectivity index (χ1n) is 6.22. The van der Waals surface area contributed by atoms with E-state index in [1.54, 1.807) is 6.92 Å². The highest BCUT2D eigenvalue weighted by Crippen LogP contribution is 2.32. The molecule has 1 aromatic carbocycles. The molecule has 0 saturated heterocycles. The summed E-state index contributed by atoms with van der Waals surface area (Å²) in [7, 11) is 0. The lowest BCUT2D eigenvalue weighted by Crippen LogP contribution is -2.23. The van der Waals surface area contributed by atoms with Crippen molar-refractivity contribution in [2.45, 2.75) is 38.5 Å². The third-order valence-corrected chi connectivity index (χ3v) is 2.96. The molecule has 0 aromatic heterocycles. The molecular formula is C14H17F3O3. The predicted octanol–water partition coefficient (Wildman–Crippen LogP) is 3.26. The number of carbonyl (C=O) groups excluding carboxylic acids is 1. The van der Waals surface area contributed by atoms with E-state index in [2.05, 4.69) is 0 Å². The topological polar surface area (TPSA) is 46.5 Å². The fourth-order valence-electron chi connectivity index (χ4n) is 1.74. The number of esters is 1. The summed E-state index contributed by atoms with van der Waals surface area (Å²) in [6.45, 7) is 3.38. The monoisotopic (exact) mass is 290 g/mol. The van der Waals surface area contributed by atoms with Gasteiger partial charge in [-0.05, 0) is 38.0 Å². The van der Waals surface area contributed by atoms with Crippen LogP contribution in [0.25, 0.3) is 0 Å². The highest BCUT2D eigenvalue weighted by Gasteiger charge is 2.31. The highest BCUT2D eigenvalue weighted by atomic mass is 19.4. The molecule has 0 aliphatic heterocycles. The molecule has 6 heteroatoms. The molecule has 20 heavy (non-hydrogen) atoms. The Hall–Kier alpha value is -1.56. The van der Waals surface area contributed by atoms with Crippen molar-refractivity contribution < 1.29 is 27.8 Å². The molecular weight excluding hydrogens is 273 g/mol. The van der Waals surface area contributed by atoms with E-state index in [0.717, 1.165) is 12.1 Å². The third-order valence-electron chi connectivity index (χ3n) is 2.96. The highest BCUT2D eigenvalue weighted by molar-refractivity contribution is 5.69. The first kappa shape index (κ1) is 16.5. The zero-order valence-electron chi connectivity index (χ0n) is 11.3. The van der Waals surface area contributed by atoms with Gasteiger partial charge in [0.1, 0.15) is 0 Å². The third kappa shape index (κ3) is 4.52. The van der Waals surface area contributed by atoms with Gasteiger partial charge in [-0.2, -0.15) is 13.2 Å². The van der Waals surface area contributed by atoms with Crippen LogP contribution in [0, 0.1) is 0 Å². The number of halogens is 3. The smallest absolute Gasteiger partial charge is 0.416 e. The van der Waals surface area contributed by atoms with Crippen LogP contribution >= 0.6 is 0 Å². The number of carbonyl (C=O) groups is 1. The van der Waals surface area contributed by atoms with Crippen molar-refractivity contribution >= 4 is 5.97 Å². The number of hydrogen-bond donors (Lipinski definition) is 1. The Balaban J connectivity index is 2.75. The lowest BCUT2D eigenvalue weighted by molar-refractivity contribution is -0.144. The van der Waals surface area contributed by atoms with Gasteiger partial charge in [-0.1, -0.05) is 12.1 Å². The Morgan fingerprint density at radius 1 is 1.20 bits per heavy atom. The molecule has 0 fully saturated rings. The summed E-state index contributed by atoms with van der Waals surface area (Å²) in [5.41, 5.74) is -1.83. The van der Waals surface area contributed by atoms with Gasteiger partial charge < -0.3 is 9.84 Å². The van der Waals surface area contributed by atoms with Gasteiger partial charge in [0.05, 0.1) is 17.8 Å². The zero-order valence-corrected chi connectivity index (χ0v) is 11.3. The van der Waals surface area contributed by atoms with Crippen LogP contribution in [-0.4, -0.2) is 17.7 Å². The summed E-state index contributed by atoms with van der Waals surface area (Å²) in [6.07, 6.45) is -4.33. The van der Waals surface area contributed by atoms with Crippen LogP contribution in [0.15, 0.2) is 24.3 Å². The van der Waals surface area contributed by atoms with E-state index in [-0.39, 0.29) is 19.4 Å². The van der Waals surface area contributed by atoms with Gasteiger partial charge in [0.15, 0.2) is 0 Å². The fourth-order valence-corrected chi connectivity index (χ4v) is 1.74. The van der Waals surface area contributed by atoms with Crippen LogP contribution in [-0.2, 0) is 21.3 Å².